The van der Waals surface area contributed by atoms with E-state index in [9.17, 15) is 18.0 Å². The van der Waals surface area contributed by atoms with Crippen LogP contribution in [-0.4, -0.2) is 18.1 Å². The number of thiazole rings is 1. The second-order valence-electron chi connectivity index (χ2n) is 4.46. The number of halogens is 3. The first-order valence-corrected chi connectivity index (χ1v) is 7.09. The zero-order valence-corrected chi connectivity index (χ0v) is 12.6. The maximum atomic E-state index is 12.5. The third-order valence-electron chi connectivity index (χ3n) is 2.80. The van der Waals surface area contributed by atoms with Gasteiger partial charge in [-0.25, -0.2) is 9.78 Å². The van der Waals surface area contributed by atoms with Crippen LogP contribution in [0.2, 0.25) is 0 Å². The van der Waals surface area contributed by atoms with E-state index in [-0.39, 0.29) is 5.57 Å². The van der Waals surface area contributed by atoms with Gasteiger partial charge in [-0.1, -0.05) is 12.1 Å². The summed E-state index contributed by atoms with van der Waals surface area (Å²) < 4.78 is 42.3. The zero-order chi connectivity index (χ0) is 16.3. The maximum absolute atomic E-state index is 12.5. The maximum Gasteiger partial charge on any atom is 0.416 e. The van der Waals surface area contributed by atoms with Gasteiger partial charge in [0.15, 0.2) is 0 Å². The molecule has 0 N–H and O–H groups in total. The number of aryl methyl sites for hydroxylation is 1. The number of rotatable bonds is 3. The molecule has 0 saturated heterocycles. The number of carbonyl (C=O) groups excluding carboxylic acids is 1. The Labute approximate surface area is 129 Å². The van der Waals surface area contributed by atoms with Crippen LogP contribution in [0.1, 0.15) is 21.8 Å². The van der Waals surface area contributed by atoms with Gasteiger partial charge in [-0.3, -0.25) is 0 Å². The molecule has 0 atom stereocenters. The lowest BCUT2D eigenvalue weighted by Gasteiger charge is -2.07. The number of hydrogen-bond acceptors (Lipinski definition) is 4. The van der Waals surface area contributed by atoms with Crippen LogP contribution in [0.25, 0.3) is 11.6 Å². The predicted octanol–water partition coefficient (Wildman–Crippen LogP) is 4.18. The van der Waals surface area contributed by atoms with Crippen LogP contribution < -0.4 is 0 Å². The Balaban J connectivity index is 2.39. The van der Waals surface area contributed by atoms with E-state index in [0.717, 1.165) is 17.8 Å². The highest BCUT2D eigenvalue weighted by Crippen LogP contribution is 2.30. The molecule has 0 spiro atoms. The van der Waals surface area contributed by atoms with E-state index in [2.05, 4.69) is 4.98 Å². The van der Waals surface area contributed by atoms with E-state index in [1.807, 2.05) is 0 Å². The molecule has 0 bridgehead atoms. The van der Waals surface area contributed by atoms with Gasteiger partial charge in [0, 0.05) is 11.1 Å². The fraction of sp³-hybridized carbons (Fsp3) is 0.200. The van der Waals surface area contributed by atoms with Gasteiger partial charge in [-0.2, -0.15) is 13.2 Å². The van der Waals surface area contributed by atoms with Crippen LogP contribution in [0.4, 0.5) is 13.2 Å². The number of hydrogen-bond donors (Lipinski definition) is 0. The molecule has 22 heavy (non-hydrogen) atoms. The van der Waals surface area contributed by atoms with E-state index in [1.54, 1.807) is 12.3 Å². The summed E-state index contributed by atoms with van der Waals surface area (Å²) in [5.41, 5.74) is 0.679. The molecular formula is C15H12F3NO2S. The number of esters is 1. The summed E-state index contributed by atoms with van der Waals surface area (Å²) in [4.78, 5) is 16.1. The highest BCUT2D eigenvalue weighted by molar-refractivity contribution is 7.11. The first kappa shape index (κ1) is 16.2. The van der Waals surface area contributed by atoms with Crippen LogP contribution in [-0.2, 0) is 15.7 Å². The van der Waals surface area contributed by atoms with E-state index < -0.39 is 17.7 Å². The monoisotopic (exact) mass is 327 g/mol. The molecule has 0 aliphatic heterocycles. The first-order valence-electron chi connectivity index (χ1n) is 6.21. The topological polar surface area (TPSA) is 39.2 Å². The summed E-state index contributed by atoms with van der Waals surface area (Å²) in [6.07, 6.45) is -2.93. The van der Waals surface area contributed by atoms with Crippen molar-refractivity contribution < 1.29 is 22.7 Å². The lowest BCUT2D eigenvalue weighted by molar-refractivity contribution is -0.137. The Kier molecular flexibility index (Phi) is 4.65. The molecule has 0 fully saturated rings. The lowest BCUT2D eigenvalue weighted by Crippen LogP contribution is -2.05. The van der Waals surface area contributed by atoms with E-state index in [4.69, 9.17) is 4.74 Å². The number of ether oxygens (including phenoxy) is 1. The zero-order valence-electron chi connectivity index (χ0n) is 11.8. The van der Waals surface area contributed by atoms with Gasteiger partial charge >= 0.3 is 12.1 Å². The highest BCUT2D eigenvalue weighted by Gasteiger charge is 2.29. The van der Waals surface area contributed by atoms with Gasteiger partial charge in [0.25, 0.3) is 0 Å². The summed E-state index contributed by atoms with van der Waals surface area (Å²) in [5, 5.41) is 2.24. The third kappa shape index (κ3) is 3.73. The average Bonchev–Trinajstić information content (AvgIpc) is 2.90. The average molecular weight is 327 g/mol. The predicted molar refractivity (Wildman–Crippen MR) is 78.2 cm³/mol. The molecule has 1 aromatic carbocycles. The smallest absolute Gasteiger partial charge is 0.416 e. The molecule has 2 aromatic rings. The number of benzene rings is 1. The molecule has 3 nitrogen and oxygen atoms in total. The van der Waals surface area contributed by atoms with Crippen molar-refractivity contribution in [2.75, 3.05) is 7.11 Å². The van der Waals surface area contributed by atoms with E-state index in [1.165, 1.54) is 36.7 Å². The molecule has 0 aliphatic carbocycles. The Morgan fingerprint density at radius 2 is 1.91 bits per heavy atom. The molecule has 0 saturated carbocycles. The van der Waals surface area contributed by atoms with Crippen molar-refractivity contribution in [3.8, 4) is 0 Å². The number of nitrogens with zero attached hydrogens (tertiary/aromatic N) is 1. The largest absolute Gasteiger partial charge is 0.465 e. The minimum Gasteiger partial charge on any atom is -0.465 e. The quantitative estimate of drug-likeness (QED) is 0.627. The molecule has 0 aliphatic rings. The molecule has 1 heterocycles. The van der Waals surface area contributed by atoms with Crippen molar-refractivity contribution >= 4 is 29.0 Å². The Bertz CT molecular complexity index is 702. The van der Waals surface area contributed by atoms with Crippen LogP contribution in [0.5, 0.6) is 0 Å². The fourth-order valence-electron chi connectivity index (χ4n) is 1.73. The summed E-state index contributed by atoms with van der Waals surface area (Å²) in [6, 6.07) is 4.53. The van der Waals surface area contributed by atoms with Crippen LogP contribution in [0.15, 0.2) is 29.6 Å². The molecular weight excluding hydrogens is 315 g/mol. The minimum atomic E-state index is -4.39. The molecule has 0 amide bonds. The molecule has 7 heteroatoms. The Hall–Kier alpha value is -2.15. The number of carbonyl (C=O) groups is 1. The van der Waals surface area contributed by atoms with Crippen molar-refractivity contribution in [3.05, 3.63) is 51.5 Å². The summed E-state index contributed by atoms with van der Waals surface area (Å²) in [7, 11) is 1.24. The molecule has 2 rings (SSSR count). The van der Waals surface area contributed by atoms with Crippen molar-refractivity contribution in [3.63, 3.8) is 0 Å². The standard InChI is InChI=1S/C15H12F3NO2S/c1-9-8-22-13(19-9)12(14(20)21-2)7-10-3-5-11(6-4-10)15(16,17)18/h3-8H,1-2H3/b12-7-. The van der Waals surface area contributed by atoms with Gasteiger partial charge in [-0.05, 0) is 30.7 Å². The SMILES string of the molecule is COC(=O)/C(=C\c1ccc(C(F)(F)F)cc1)c1nc(C)cs1. The minimum absolute atomic E-state index is 0.209. The second-order valence-corrected chi connectivity index (χ2v) is 5.32. The van der Waals surface area contributed by atoms with Crippen LogP contribution in [0, 0.1) is 6.92 Å². The van der Waals surface area contributed by atoms with Crippen LogP contribution >= 0.6 is 11.3 Å². The van der Waals surface area contributed by atoms with Crippen molar-refractivity contribution in [2.24, 2.45) is 0 Å². The number of aromatic nitrogens is 1. The van der Waals surface area contributed by atoms with Crippen LogP contribution in [0.3, 0.4) is 0 Å². The summed E-state index contributed by atoms with van der Waals surface area (Å²) in [5.74, 6) is -0.589. The Morgan fingerprint density at radius 1 is 1.27 bits per heavy atom. The Morgan fingerprint density at radius 3 is 2.36 bits per heavy atom. The van der Waals surface area contributed by atoms with Gasteiger partial charge in [-0.15, -0.1) is 11.3 Å². The summed E-state index contributed by atoms with van der Waals surface area (Å²) in [6.45, 7) is 1.78. The van der Waals surface area contributed by atoms with Crippen molar-refractivity contribution in [1.82, 2.24) is 4.98 Å². The van der Waals surface area contributed by atoms with E-state index >= 15 is 0 Å². The number of alkyl halides is 3. The first-order chi connectivity index (χ1) is 10.3. The van der Waals surface area contributed by atoms with Crippen molar-refractivity contribution in [2.45, 2.75) is 13.1 Å². The summed E-state index contributed by atoms with van der Waals surface area (Å²) >= 11 is 1.27. The normalized spacial score (nSPS) is 12.3. The lowest BCUT2D eigenvalue weighted by atomic mass is 10.1. The molecule has 0 radical (unpaired) electrons. The molecule has 1 aromatic heterocycles. The van der Waals surface area contributed by atoms with Gasteiger partial charge in [0.2, 0.25) is 0 Å². The highest BCUT2D eigenvalue weighted by atomic mass is 32.1. The third-order valence-corrected chi connectivity index (χ3v) is 3.80. The van der Waals surface area contributed by atoms with Gasteiger partial charge < -0.3 is 4.74 Å². The van der Waals surface area contributed by atoms with Gasteiger partial charge in [0.05, 0.1) is 18.2 Å². The molecule has 0 unspecified atom stereocenters. The number of methoxy groups -OCH3 is 1. The van der Waals surface area contributed by atoms with E-state index in [0.29, 0.717) is 10.6 Å². The fourth-order valence-corrected chi connectivity index (χ4v) is 2.53. The van der Waals surface area contributed by atoms with Gasteiger partial charge in [0.1, 0.15) is 5.01 Å². The molecule has 116 valence electrons. The van der Waals surface area contributed by atoms with Crippen molar-refractivity contribution in [1.29, 1.82) is 0 Å². The second kappa shape index (κ2) is 6.31.